The van der Waals surface area contributed by atoms with Crippen LogP contribution in [0.4, 0.5) is 5.13 Å². The van der Waals surface area contributed by atoms with Gasteiger partial charge in [0, 0.05) is 46.0 Å². The van der Waals surface area contributed by atoms with Crippen LogP contribution in [0.2, 0.25) is 0 Å². The fourth-order valence-electron chi connectivity index (χ4n) is 3.24. The van der Waals surface area contributed by atoms with Crippen LogP contribution in [0.1, 0.15) is 27.3 Å². The van der Waals surface area contributed by atoms with Crippen LogP contribution in [0.3, 0.4) is 0 Å². The van der Waals surface area contributed by atoms with E-state index in [0.29, 0.717) is 10.7 Å². The molecule has 3 aromatic heterocycles. The van der Waals surface area contributed by atoms with Crippen LogP contribution in [0, 0.1) is 20.8 Å². The third kappa shape index (κ3) is 3.46. The number of rotatable bonds is 4. The van der Waals surface area contributed by atoms with E-state index in [1.54, 1.807) is 24.5 Å². The van der Waals surface area contributed by atoms with Gasteiger partial charge >= 0.3 is 0 Å². The number of anilines is 1. The van der Waals surface area contributed by atoms with Crippen molar-refractivity contribution in [3.8, 4) is 16.9 Å². The first-order chi connectivity index (χ1) is 13.5. The Kier molecular flexibility index (Phi) is 4.79. The molecule has 5 nitrogen and oxygen atoms in total. The van der Waals surface area contributed by atoms with Gasteiger partial charge in [0.2, 0.25) is 0 Å². The largest absolute Gasteiger partial charge is 0.318 e. The van der Waals surface area contributed by atoms with Crippen LogP contribution in [-0.2, 0) is 0 Å². The zero-order valence-corrected chi connectivity index (χ0v) is 16.7. The van der Waals surface area contributed by atoms with Gasteiger partial charge in [-0.05, 0) is 51.1 Å². The van der Waals surface area contributed by atoms with Gasteiger partial charge in [-0.15, -0.1) is 11.3 Å². The molecule has 4 aromatic rings. The molecule has 0 aliphatic rings. The monoisotopic (exact) mass is 388 g/mol. The summed E-state index contributed by atoms with van der Waals surface area (Å²) >= 11 is 1.42. The third-order valence-corrected chi connectivity index (χ3v) is 5.42. The van der Waals surface area contributed by atoms with Gasteiger partial charge in [-0.25, -0.2) is 4.98 Å². The maximum Gasteiger partial charge on any atom is 0.257 e. The standard InChI is InChI=1S/C22H20N4OS/c1-14-4-6-18(7-5-14)26-15(2)12-19(16(26)3)20-13-28-22(24-20)25-21(27)17-8-10-23-11-9-17/h4-13H,1-3H3,(H,24,25,27). The molecule has 1 amide bonds. The molecule has 0 aliphatic heterocycles. The van der Waals surface area contributed by atoms with E-state index in [4.69, 9.17) is 0 Å². The van der Waals surface area contributed by atoms with Crippen molar-refractivity contribution in [1.29, 1.82) is 0 Å². The number of carbonyl (C=O) groups excluding carboxylic acids is 1. The van der Waals surface area contributed by atoms with Gasteiger partial charge in [0.15, 0.2) is 5.13 Å². The molecule has 0 atom stereocenters. The summed E-state index contributed by atoms with van der Waals surface area (Å²) in [6.45, 7) is 6.27. The number of thiazole rings is 1. The highest BCUT2D eigenvalue weighted by atomic mass is 32.1. The molecule has 1 aromatic carbocycles. The van der Waals surface area contributed by atoms with Gasteiger partial charge in [0.1, 0.15) is 0 Å². The lowest BCUT2D eigenvalue weighted by Crippen LogP contribution is -2.11. The normalized spacial score (nSPS) is 10.8. The molecule has 0 unspecified atom stereocenters. The number of nitrogens with zero attached hydrogens (tertiary/aromatic N) is 3. The van der Waals surface area contributed by atoms with E-state index in [9.17, 15) is 4.79 Å². The van der Waals surface area contributed by atoms with Crippen molar-refractivity contribution in [3.05, 3.63) is 82.8 Å². The average molecular weight is 388 g/mol. The molecule has 1 N–H and O–H groups in total. The molecule has 0 saturated carbocycles. The second-order valence-electron chi connectivity index (χ2n) is 6.68. The molecule has 0 spiro atoms. The van der Waals surface area contributed by atoms with Crippen molar-refractivity contribution in [2.45, 2.75) is 20.8 Å². The Labute approximate surface area is 167 Å². The Balaban J connectivity index is 1.61. The quantitative estimate of drug-likeness (QED) is 0.524. The number of benzene rings is 1. The van der Waals surface area contributed by atoms with Gasteiger partial charge < -0.3 is 4.57 Å². The second-order valence-corrected chi connectivity index (χ2v) is 7.54. The Morgan fingerprint density at radius 1 is 1.04 bits per heavy atom. The molecule has 6 heteroatoms. The number of pyridine rings is 1. The van der Waals surface area contributed by atoms with Crippen LogP contribution >= 0.6 is 11.3 Å². The molecule has 0 radical (unpaired) electrons. The zero-order valence-electron chi connectivity index (χ0n) is 15.9. The van der Waals surface area contributed by atoms with Crippen LogP contribution in [0.5, 0.6) is 0 Å². The topological polar surface area (TPSA) is 59.8 Å². The highest BCUT2D eigenvalue weighted by Gasteiger charge is 2.16. The summed E-state index contributed by atoms with van der Waals surface area (Å²) in [5, 5.41) is 5.42. The van der Waals surface area contributed by atoms with Crippen LogP contribution in [0.15, 0.2) is 60.2 Å². The van der Waals surface area contributed by atoms with E-state index in [2.05, 4.69) is 71.0 Å². The zero-order chi connectivity index (χ0) is 19.7. The summed E-state index contributed by atoms with van der Waals surface area (Å²) < 4.78 is 2.23. The smallest absolute Gasteiger partial charge is 0.257 e. The molecule has 0 aliphatic carbocycles. The summed E-state index contributed by atoms with van der Waals surface area (Å²) in [5.74, 6) is -0.187. The predicted molar refractivity (Wildman–Crippen MR) is 113 cm³/mol. The van der Waals surface area contributed by atoms with Crippen molar-refractivity contribution in [1.82, 2.24) is 14.5 Å². The van der Waals surface area contributed by atoms with E-state index < -0.39 is 0 Å². The van der Waals surface area contributed by atoms with E-state index in [1.807, 2.05) is 5.38 Å². The van der Waals surface area contributed by atoms with E-state index in [1.165, 1.54) is 16.9 Å². The molecule has 0 bridgehead atoms. The Bertz CT molecular complexity index is 1130. The van der Waals surface area contributed by atoms with Crippen molar-refractivity contribution in [2.24, 2.45) is 0 Å². The van der Waals surface area contributed by atoms with Crippen molar-refractivity contribution in [3.63, 3.8) is 0 Å². The summed E-state index contributed by atoms with van der Waals surface area (Å²) in [6, 6.07) is 14.0. The first-order valence-corrected chi connectivity index (χ1v) is 9.84. The second kappa shape index (κ2) is 7.40. The molecule has 28 heavy (non-hydrogen) atoms. The van der Waals surface area contributed by atoms with E-state index in [-0.39, 0.29) is 5.91 Å². The minimum atomic E-state index is -0.187. The lowest BCUT2D eigenvalue weighted by molar-refractivity contribution is 0.102. The van der Waals surface area contributed by atoms with Gasteiger partial charge in [-0.1, -0.05) is 17.7 Å². The number of aromatic nitrogens is 3. The number of carbonyl (C=O) groups is 1. The Morgan fingerprint density at radius 2 is 1.75 bits per heavy atom. The lowest BCUT2D eigenvalue weighted by atomic mass is 10.2. The van der Waals surface area contributed by atoms with E-state index in [0.717, 1.165) is 28.3 Å². The van der Waals surface area contributed by atoms with E-state index >= 15 is 0 Å². The van der Waals surface area contributed by atoms with Crippen LogP contribution < -0.4 is 5.32 Å². The van der Waals surface area contributed by atoms with Crippen molar-refractivity contribution >= 4 is 22.4 Å². The Morgan fingerprint density at radius 3 is 2.46 bits per heavy atom. The first kappa shape index (κ1) is 18.1. The molecule has 0 saturated heterocycles. The maximum absolute atomic E-state index is 12.3. The van der Waals surface area contributed by atoms with Crippen LogP contribution in [-0.4, -0.2) is 20.4 Å². The van der Waals surface area contributed by atoms with Gasteiger partial charge in [0.25, 0.3) is 5.91 Å². The summed E-state index contributed by atoms with van der Waals surface area (Å²) in [7, 11) is 0. The fourth-order valence-corrected chi connectivity index (χ4v) is 3.95. The minimum absolute atomic E-state index is 0.187. The SMILES string of the molecule is Cc1ccc(-n2c(C)cc(-c3csc(NC(=O)c4ccncc4)n3)c2C)cc1. The van der Waals surface area contributed by atoms with Crippen molar-refractivity contribution < 1.29 is 4.79 Å². The van der Waals surface area contributed by atoms with Gasteiger partial charge in [-0.3, -0.25) is 15.1 Å². The van der Waals surface area contributed by atoms with Crippen LogP contribution in [0.25, 0.3) is 16.9 Å². The summed E-state index contributed by atoms with van der Waals surface area (Å²) in [5.41, 5.74) is 7.13. The molecular formula is C22H20N4OS. The van der Waals surface area contributed by atoms with Crippen molar-refractivity contribution in [2.75, 3.05) is 5.32 Å². The number of nitrogens with one attached hydrogen (secondary N) is 1. The number of aryl methyl sites for hydroxylation is 2. The number of hydrogen-bond acceptors (Lipinski definition) is 4. The maximum atomic E-state index is 12.3. The first-order valence-electron chi connectivity index (χ1n) is 8.96. The number of hydrogen-bond donors (Lipinski definition) is 1. The fraction of sp³-hybridized carbons (Fsp3) is 0.136. The van der Waals surface area contributed by atoms with Gasteiger partial charge in [0.05, 0.1) is 5.69 Å². The summed E-state index contributed by atoms with van der Waals surface area (Å²) in [6.07, 6.45) is 3.20. The highest BCUT2D eigenvalue weighted by molar-refractivity contribution is 7.14. The highest BCUT2D eigenvalue weighted by Crippen LogP contribution is 2.31. The van der Waals surface area contributed by atoms with Gasteiger partial charge in [-0.2, -0.15) is 0 Å². The summed E-state index contributed by atoms with van der Waals surface area (Å²) in [4.78, 5) is 20.9. The minimum Gasteiger partial charge on any atom is -0.318 e. The molecule has 0 fully saturated rings. The molecule has 140 valence electrons. The molecular weight excluding hydrogens is 368 g/mol. The molecule has 3 heterocycles. The third-order valence-electron chi connectivity index (χ3n) is 4.67. The lowest BCUT2D eigenvalue weighted by Gasteiger charge is -2.10. The number of amides is 1. The predicted octanol–water partition coefficient (Wildman–Crippen LogP) is 5.17. The molecule has 4 rings (SSSR count). The average Bonchev–Trinajstić information content (AvgIpc) is 3.27. The Hall–Kier alpha value is -3.25.